The van der Waals surface area contributed by atoms with Crippen LogP contribution in [0, 0.1) is 0 Å². The van der Waals surface area contributed by atoms with Crippen molar-refractivity contribution in [3.63, 3.8) is 0 Å². The van der Waals surface area contributed by atoms with Crippen molar-refractivity contribution in [3.05, 3.63) is 46.3 Å². The van der Waals surface area contributed by atoms with E-state index in [0.29, 0.717) is 17.9 Å². The van der Waals surface area contributed by atoms with Gasteiger partial charge in [-0.3, -0.25) is 4.79 Å². The molecule has 20 heavy (non-hydrogen) atoms. The van der Waals surface area contributed by atoms with Gasteiger partial charge in [0, 0.05) is 37.3 Å². The molecule has 106 valence electrons. The lowest BCUT2D eigenvalue weighted by molar-refractivity contribution is 0.0837. The number of methoxy groups -OCH3 is 1. The van der Waals surface area contributed by atoms with Crippen molar-refractivity contribution in [2.75, 3.05) is 26.0 Å². The molecule has 0 saturated heterocycles. The normalized spacial score (nSPS) is 11.9. The third kappa shape index (κ3) is 3.55. The highest BCUT2D eigenvalue weighted by Crippen LogP contribution is 2.21. The van der Waals surface area contributed by atoms with Crippen molar-refractivity contribution >= 4 is 23.1 Å². The molecule has 5 nitrogen and oxygen atoms in total. The summed E-state index contributed by atoms with van der Waals surface area (Å²) >= 11 is 1.61. The molecule has 1 atom stereocenters. The molecule has 0 saturated carbocycles. The first-order valence-electron chi connectivity index (χ1n) is 6.22. The molecule has 1 amide bonds. The monoisotopic (exact) mass is 291 g/mol. The SMILES string of the molecule is CNc1cc(C(=O)NCC(OC)c2cccs2)ccn1. The zero-order chi connectivity index (χ0) is 14.4. The smallest absolute Gasteiger partial charge is 0.251 e. The summed E-state index contributed by atoms with van der Waals surface area (Å²) in [6, 6.07) is 7.36. The maximum atomic E-state index is 12.1. The maximum absolute atomic E-state index is 12.1. The molecule has 2 rings (SSSR count). The van der Waals surface area contributed by atoms with E-state index < -0.39 is 0 Å². The Hall–Kier alpha value is -1.92. The van der Waals surface area contributed by atoms with Crippen molar-refractivity contribution in [1.29, 1.82) is 0 Å². The fraction of sp³-hybridized carbons (Fsp3) is 0.286. The van der Waals surface area contributed by atoms with Gasteiger partial charge in [-0.25, -0.2) is 4.98 Å². The number of aromatic nitrogens is 1. The third-order valence-electron chi connectivity index (χ3n) is 2.87. The molecule has 2 aromatic heterocycles. The molecular formula is C14H17N3O2S. The average molecular weight is 291 g/mol. The Morgan fingerprint density at radius 3 is 3.00 bits per heavy atom. The van der Waals surface area contributed by atoms with Crippen LogP contribution in [0.3, 0.4) is 0 Å². The Morgan fingerprint density at radius 2 is 2.35 bits per heavy atom. The summed E-state index contributed by atoms with van der Waals surface area (Å²) in [6.07, 6.45) is 1.48. The molecule has 0 fully saturated rings. The number of hydrogen-bond donors (Lipinski definition) is 2. The largest absolute Gasteiger partial charge is 0.374 e. The summed E-state index contributed by atoms with van der Waals surface area (Å²) in [7, 11) is 3.41. The van der Waals surface area contributed by atoms with Gasteiger partial charge < -0.3 is 15.4 Å². The van der Waals surface area contributed by atoms with Crippen LogP contribution in [0.4, 0.5) is 5.82 Å². The van der Waals surface area contributed by atoms with E-state index in [-0.39, 0.29) is 12.0 Å². The van der Waals surface area contributed by atoms with Crippen LogP contribution in [0.1, 0.15) is 21.3 Å². The number of ether oxygens (including phenoxy) is 1. The van der Waals surface area contributed by atoms with E-state index in [1.54, 1.807) is 43.8 Å². The minimum Gasteiger partial charge on any atom is -0.374 e. The molecule has 0 spiro atoms. The standard InChI is InChI=1S/C14H17N3O2S/c1-15-13-8-10(5-6-16-13)14(18)17-9-11(19-2)12-4-3-7-20-12/h3-8,11H,9H2,1-2H3,(H,15,16)(H,17,18). The number of thiophene rings is 1. The van der Waals surface area contributed by atoms with Crippen molar-refractivity contribution in [2.24, 2.45) is 0 Å². The summed E-state index contributed by atoms with van der Waals surface area (Å²) in [4.78, 5) is 17.3. The summed E-state index contributed by atoms with van der Waals surface area (Å²) in [5, 5.41) is 7.77. The van der Waals surface area contributed by atoms with Gasteiger partial charge in [0.05, 0.1) is 0 Å². The third-order valence-corrected chi connectivity index (χ3v) is 3.84. The van der Waals surface area contributed by atoms with Gasteiger partial charge in [-0.15, -0.1) is 11.3 Å². The first-order chi connectivity index (χ1) is 9.74. The second-order valence-corrected chi connectivity index (χ2v) is 5.11. The number of rotatable bonds is 6. The molecule has 2 heterocycles. The van der Waals surface area contributed by atoms with Gasteiger partial charge in [-0.2, -0.15) is 0 Å². The Morgan fingerprint density at radius 1 is 1.50 bits per heavy atom. The molecule has 0 bridgehead atoms. The van der Waals surface area contributed by atoms with E-state index in [1.165, 1.54) is 0 Å². The van der Waals surface area contributed by atoms with Gasteiger partial charge in [0.15, 0.2) is 0 Å². The van der Waals surface area contributed by atoms with E-state index in [0.717, 1.165) is 4.88 Å². The predicted molar refractivity (Wildman–Crippen MR) is 80.2 cm³/mol. The lowest BCUT2D eigenvalue weighted by Crippen LogP contribution is -2.28. The number of nitrogens with one attached hydrogen (secondary N) is 2. The highest BCUT2D eigenvalue weighted by atomic mass is 32.1. The quantitative estimate of drug-likeness (QED) is 0.857. The van der Waals surface area contributed by atoms with E-state index in [1.807, 2.05) is 17.5 Å². The first-order valence-corrected chi connectivity index (χ1v) is 7.10. The Balaban J connectivity index is 1.97. The highest BCUT2D eigenvalue weighted by molar-refractivity contribution is 7.10. The number of pyridine rings is 1. The summed E-state index contributed by atoms with van der Waals surface area (Å²) in [6.45, 7) is 0.438. The van der Waals surface area contributed by atoms with Gasteiger partial charge in [0.1, 0.15) is 11.9 Å². The number of hydrogen-bond acceptors (Lipinski definition) is 5. The molecule has 1 unspecified atom stereocenters. The zero-order valence-corrected chi connectivity index (χ0v) is 12.2. The Labute approximate surface area is 122 Å². The van der Waals surface area contributed by atoms with Gasteiger partial charge >= 0.3 is 0 Å². The topological polar surface area (TPSA) is 63.2 Å². The molecule has 0 aromatic carbocycles. The van der Waals surface area contributed by atoms with Crippen LogP contribution in [-0.2, 0) is 4.74 Å². The van der Waals surface area contributed by atoms with Crippen LogP contribution in [0.5, 0.6) is 0 Å². The van der Waals surface area contributed by atoms with Crippen molar-refractivity contribution in [3.8, 4) is 0 Å². The van der Waals surface area contributed by atoms with Crippen LogP contribution in [0.15, 0.2) is 35.8 Å². The van der Waals surface area contributed by atoms with E-state index in [9.17, 15) is 4.79 Å². The lowest BCUT2D eigenvalue weighted by atomic mass is 10.2. The Bertz CT molecular complexity index is 557. The second-order valence-electron chi connectivity index (χ2n) is 4.13. The van der Waals surface area contributed by atoms with Crippen LogP contribution < -0.4 is 10.6 Å². The molecular weight excluding hydrogens is 274 g/mol. The molecule has 2 N–H and O–H groups in total. The maximum Gasteiger partial charge on any atom is 0.251 e. The molecule has 2 aromatic rings. The zero-order valence-electron chi connectivity index (χ0n) is 11.4. The van der Waals surface area contributed by atoms with Gasteiger partial charge in [0.2, 0.25) is 0 Å². The second kappa shape index (κ2) is 7.02. The predicted octanol–water partition coefficient (Wildman–Crippen LogP) is 2.30. The summed E-state index contributed by atoms with van der Waals surface area (Å²) in [5.41, 5.74) is 0.574. The molecule has 0 aliphatic carbocycles. The number of anilines is 1. The summed E-state index contributed by atoms with van der Waals surface area (Å²) in [5.74, 6) is 0.529. The van der Waals surface area contributed by atoms with Crippen molar-refractivity contribution < 1.29 is 9.53 Å². The van der Waals surface area contributed by atoms with Crippen molar-refractivity contribution in [2.45, 2.75) is 6.10 Å². The number of amides is 1. The molecule has 0 aliphatic heterocycles. The van der Waals surface area contributed by atoms with E-state index in [2.05, 4.69) is 15.6 Å². The van der Waals surface area contributed by atoms with Crippen LogP contribution in [0.2, 0.25) is 0 Å². The van der Waals surface area contributed by atoms with E-state index >= 15 is 0 Å². The minimum atomic E-state index is -0.137. The fourth-order valence-electron chi connectivity index (χ4n) is 1.77. The average Bonchev–Trinajstić information content (AvgIpc) is 3.02. The lowest BCUT2D eigenvalue weighted by Gasteiger charge is -2.14. The van der Waals surface area contributed by atoms with Crippen LogP contribution in [-0.4, -0.2) is 31.6 Å². The number of nitrogens with zero attached hydrogens (tertiary/aromatic N) is 1. The van der Waals surface area contributed by atoms with Crippen LogP contribution >= 0.6 is 11.3 Å². The highest BCUT2D eigenvalue weighted by Gasteiger charge is 2.14. The van der Waals surface area contributed by atoms with Gasteiger partial charge in [-0.1, -0.05) is 6.07 Å². The minimum absolute atomic E-state index is 0.121. The van der Waals surface area contributed by atoms with Crippen LogP contribution in [0.25, 0.3) is 0 Å². The van der Waals surface area contributed by atoms with Gasteiger partial charge in [-0.05, 0) is 23.6 Å². The van der Waals surface area contributed by atoms with Gasteiger partial charge in [0.25, 0.3) is 5.91 Å². The molecule has 0 aliphatic rings. The van der Waals surface area contributed by atoms with E-state index in [4.69, 9.17) is 4.74 Å². The first kappa shape index (κ1) is 14.5. The van der Waals surface area contributed by atoms with Crippen molar-refractivity contribution in [1.82, 2.24) is 10.3 Å². The molecule has 0 radical (unpaired) electrons. The Kier molecular flexibility index (Phi) is 5.09. The number of carbonyl (C=O) groups excluding carboxylic acids is 1. The molecule has 6 heteroatoms. The summed E-state index contributed by atoms with van der Waals surface area (Å²) < 4.78 is 5.40. The number of carbonyl (C=O) groups is 1. The fourth-order valence-corrected chi connectivity index (χ4v) is 2.57.